The Balaban J connectivity index is 0.990. The van der Waals surface area contributed by atoms with Crippen molar-refractivity contribution in [2.75, 3.05) is 34.5 Å². The average molecular weight is 962 g/mol. The topological polar surface area (TPSA) is 193 Å². The zero-order chi connectivity index (χ0) is 46.4. The highest BCUT2D eigenvalue weighted by Gasteiger charge is 2.43. The van der Waals surface area contributed by atoms with Gasteiger partial charge in [-0.25, -0.2) is 19.6 Å². The van der Waals surface area contributed by atoms with E-state index in [2.05, 4.69) is 66.9 Å². The van der Waals surface area contributed by atoms with Gasteiger partial charge in [-0.15, -0.1) is 0 Å². The number of hydrogen-bond donors (Lipinski definition) is 4. The van der Waals surface area contributed by atoms with Crippen molar-refractivity contribution < 1.29 is 38.1 Å². The molecule has 0 spiro atoms. The second-order valence-electron chi connectivity index (χ2n) is 17.7. The molecule has 5 heterocycles. The Labute approximate surface area is 390 Å². The minimum absolute atomic E-state index is 0.0380. The smallest absolute Gasteiger partial charge is 0.407 e. The molecule has 4 aromatic carbocycles. The molecule has 4 N–H and O–H groups in total. The van der Waals surface area contributed by atoms with Gasteiger partial charge in [0.25, 0.3) is 5.91 Å². The van der Waals surface area contributed by atoms with Gasteiger partial charge in [-0.2, -0.15) is 0 Å². The Morgan fingerprint density at radius 2 is 1.62 bits per heavy atom. The fraction of sp³-hybridized carbons (Fsp3) is 0.388. The lowest BCUT2D eigenvalue weighted by Crippen LogP contribution is -2.52. The summed E-state index contributed by atoms with van der Waals surface area (Å²) in [6.45, 7) is 7.06. The number of likely N-dealkylation sites (tertiary alicyclic amines) is 2. The standard InChI is InChI=1S/C49H53BrN8O8/c1-25(2)39(54-48(61)64-5)47(60)58-26(3)12-17-36(58)44-51-35-16-14-29-20-34-32-15-13-30(19-31(32)24-66-38(34)21-33(29)42(35)53-44)40-43(50)56-45(52-40)37-18-27(23-63-4)22-57(37)46(59)41(55-49(62)65-6)28-10-8-7-9-11-28/h7-11,13-16,19-21,25-27,36-37,39,41H,12,17-18,22-24H2,1-6H3,(H,51,53)(H,52,56)(H,54,61)(H,55,62)/t26-,27-,36-,37-,39-,41+/m0/s1. The van der Waals surface area contributed by atoms with Gasteiger partial charge in [0.1, 0.15) is 46.4 Å². The first-order valence-corrected chi connectivity index (χ1v) is 23.0. The van der Waals surface area contributed by atoms with Crippen LogP contribution in [0.25, 0.3) is 44.2 Å². The largest absolute Gasteiger partial charge is 0.488 e. The molecule has 0 radical (unpaired) electrons. The van der Waals surface area contributed by atoms with Crippen LogP contribution in [0.15, 0.2) is 77.4 Å². The van der Waals surface area contributed by atoms with Crippen molar-refractivity contribution >= 4 is 61.7 Å². The van der Waals surface area contributed by atoms with Gasteiger partial charge in [-0.05, 0) is 94.4 Å². The van der Waals surface area contributed by atoms with Gasteiger partial charge in [0.2, 0.25) is 5.91 Å². The van der Waals surface area contributed by atoms with Crippen molar-refractivity contribution in [1.82, 2.24) is 40.4 Å². The van der Waals surface area contributed by atoms with E-state index in [0.717, 1.165) is 62.7 Å². The van der Waals surface area contributed by atoms with Crippen LogP contribution in [0.2, 0.25) is 0 Å². The normalized spacial score (nSPS) is 19.9. The van der Waals surface area contributed by atoms with Gasteiger partial charge in [-0.1, -0.05) is 62.4 Å². The molecule has 17 heteroatoms. The van der Waals surface area contributed by atoms with E-state index in [1.807, 2.05) is 56.0 Å². The number of aromatic nitrogens is 4. The number of alkyl carbamates (subject to hydrolysis) is 2. The van der Waals surface area contributed by atoms with Gasteiger partial charge >= 0.3 is 12.2 Å². The Hall–Kier alpha value is -6.46. The third-order valence-corrected chi connectivity index (χ3v) is 13.7. The van der Waals surface area contributed by atoms with Crippen molar-refractivity contribution in [2.45, 2.75) is 76.8 Å². The molecule has 2 aromatic heterocycles. The molecule has 6 aromatic rings. The maximum Gasteiger partial charge on any atom is 0.407 e. The lowest BCUT2D eigenvalue weighted by Gasteiger charge is -2.32. The van der Waals surface area contributed by atoms with Gasteiger partial charge in [-0.3, -0.25) is 9.59 Å². The van der Waals surface area contributed by atoms with E-state index in [4.69, 9.17) is 28.9 Å². The van der Waals surface area contributed by atoms with E-state index in [-0.39, 0.29) is 35.7 Å². The minimum atomic E-state index is -0.963. The number of amides is 4. The summed E-state index contributed by atoms with van der Waals surface area (Å²) in [6, 6.07) is 21.2. The molecular weight excluding hydrogens is 908 g/mol. The van der Waals surface area contributed by atoms with E-state index in [0.29, 0.717) is 53.7 Å². The molecule has 2 saturated heterocycles. The summed E-state index contributed by atoms with van der Waals surface area (Å²) >= 11 is 3.74. The predicted octanol–water partition coefficient (Wildman–Crippen LogP) is 8.49. The van der Waals surface area contributed by atoms with E-state index in [9.17, 15) is 19.2 Å². The lowest BCUT2D eigenvalue weighted by atomic mass is 9.92. The molecule has 0 bridgehead atoms. The zero-order valence-electron chi connectivity index (χ0n) is 37.6. The Kier molecular flexibility index (Phi) is 12.5. The summed E-state index contributed by atoms with van der Waals surface area (Å²) in [7, 11) is 4.21. The molecule has 4 amide bonds. The minimum Gasteiger partial charge on any atom is -0.488 e. The molecule has 0 aliphatic carbocycles. The van der Waals surface area contributed by atoms with Crippen LogP contribution in [0.1, 0.15) is 80.9 Å². The maximum atomic E-state index is 14.4. The predicted molar refractivity (Wildman–Crippen MR) is 250 cm³/mol. The van der Waals surface area contributed by atoms with Gasteiger partial charge in [0, 0.05) is 42.1 Å². The zero-order valence-corrected chi connectivity index (χ0v) is 39.2. The first kappa shape index (κ1) is 44.7. The number of ether oxygens (including phenoxy) is 4. The van der Waals surface area contributed by atoms with E-state index < -0.39 is 30.3 Å². The summed E-state index contributed by atoms with van der Waals surface area (Å²) in [5, 5.41) is 7.40. The van der Waals surface area contributed by atoms with Crippen LogP contribution < -0.4 is 15.4 Å². The Morgan fingerprint density at radius 1 is 0.864 bits per heavy atom. The number of halogens is 1. The summed E-state index contributed by atoms with van der Waals surface area (Å²) in [5.41, 5.74) is 6.86. The number of hydrogen-bond acceptors (Lipinski definition) is 10. The van der Waals surface area contributed by atoms with Crippen LogP contribution in [0.5, 0.6) is 5.75 Å². The molecule has 66 heavy (non-hydrogen) atoms. The van der Waals surface area contributed by atoms with Crippen LogP contribution in [0, 0.1) is 11.8 Å². The number of rotatable bonds is 11. The number of nitrogens with one attached hydrogen (secondary N) is 4. The number of nitrogens with zero attached hydrogens (tertiary/aromatic N) is 4. The molecule has 3 aliphatic rings. The van der Waals surface area contributed by atoms with Crippen molar-refractivity contribution in [3.8, 4) is 28.1 Å². The molecule has 6 atom stereocenters. The van der Waals surface area contributed by atoms with E-state index in [1.54, 1.807) is 24.1 Å². The fourth-order valence-electron chi connectivity index (χ4n) is 9.87. The SMILES string of the molecule is COC[C@H]1C[C@@H](c2nc(-c3ccc4c(c3)COc3cc5c(ccc6[nH]c([C@@H]7CC[C@H](C)N7C(=O)[C@@H](NC(=O)OC)C(C)C)nc65)cc3-4)c(Br)[nH]2)N(C(=O)[C@H](NC(=O)OC)c2ccccc2)C1. The van der Waals surface area contributed by atoms with Crippen molar-refractivity contribution in [1.29, 1.82) is 0 Å². The second-order valence-corrected chi connectivity index (χ2v) is 18.5. The van der Waals surface area contributed by atoms with Gasteiger partial charge in [0.15, 0.2) is 0 Å². The Bertz CT molecular complexity index is 2830. The van der Waals surface area contributed by atoms with Crippen LogP contribution >= 0.6 is 15.9 Å². The second kappa shape index (κ2) is 18.4. The number of aromatic amines is 2. The number of H-pyrrole nitrogens is 2. The summed E-state index contributed by atoms with van der Waals surface area (Å²) < 4.78 is 22.4. The third-order valence-electron chi connectivity index (χ3n) is 13.2. The third kappa shape index (κ3) is 8.34. The van der Waals surface area contributed by atoms with E-state index >= 15 is 0 Å². The number of fused-ring (bicyclic) bond motifs is 6. The molecular formula is C49H53BrN8O8. The van der Waals surface area contributed by atoms with E-state index in [1.165, 1.54) is 14.2 Å². The molecule has 0 unspecified atom stereocenters. The molecule has 344 valence electrons. The van der Waals surface area contributed by atoms with Gasteiger partial charge < -0.3 is 49.3 Å². The highest BCUT2D eigenvalue weighted by atomic mass is 79.9. The van der Waals surface area contributed by atoms with Crippen LogP contribution in [-0.2, 0) is 30.4 Å². The van der Waals surface area contributed by atoms with Crippen LogP contribution in [0.4, 0.5) is 9.59 Å². The highest BCUT2D eigenvalue weighted by molar-refractivity contribution is 9.10. The first-order valence-electron chi connectivity index (χ1n) is 22.2. The first-order chi connectivity index (χ1) is 31.9. The summed E-state index contributed by atoms with van der Waals surface area (Å²) in [6.07, 6.45) is 0.812. The maximum absolute atomic E-state index is 14.4. The lowest BCUT2D eigenvalue weighted by molar-refractivity contribution is -0.137. The van der Waals surface area contributed by atoms with Crippen molar-refractivity contribution in [3.05, 3.63) is 100 Å². The molecule has 3 aliphatic heterocycles. The quantitative estimate of drug-likeness (QED) is 0.0979. The Morgan fingerprint density at radius 3 is 2.36 bits per heavy atom. The fourth-order valence-corrected chi connectivity index (χ4v) is 10.4. The number of imidazole rings is 2. The van der Waals surface area contributed by atoms with Crippen LogP contribution in [0.3, 0.4) is 0 Å². The monoisotopic (exact) mass is 960 g/mol. The van der Waals surface area contributed by atoms with Crippen LogP contribution in [-0.4, -0.2) is 100 Å². The molecule has 2 fully saturated rings. The summed E-state index contributed by atoms with van der Waals surface area (Å²) in [4.78, 5) is 73.9. The molecule has 16 nitrogen and oxygen atoms in total. The number of benzene rings is 4. The molecule has 0 saturated carbocycles. The number of methoxy groups -OCH3 is 3. The number of carbonyl (C=O) groups is 4. The average Bonchev–Trinajstić information content (AvgIpc) is 4.13. The highest BCUT2D eigenvalue weighted by Crippen LogP contribution is 2.45. The van der Waals surface area contributed by atoms with Crippen molar-refractivity contribution in [3.63, 3.8) is 0 Å². The molecule has 9 rings (SSSR count). The van der Waals surface area contributed by atoms with Crippen molar-refractivity contribution in [2.24, 2.45) is 11.8 Å². The van der Waals surface area contributed by atoms with Gasteiger partial charge in [0.05, 0.1) is 43.9 Å². The summed E-state index contributed by atoms with van der Waals surface area (Å²) in [5.74, 6) is 1.53. The number of carbonyl (C=O) groups excluding carboxylic acids is 4.